The molecule has 6 nitrogen and oxygen atoms in total. The van der Waals surface area contributed by atoms with Gasteiger partial charge >= 0.3 is 11.7 Å². The van der Waals surface area contributed by atoms with Crippen LogP contribution in [0, 0.1) is 0 Å². The van der Waals surface area contributed by atoms with Crippen molar-refractivity contribution in [1.82, 2.24) is 15.2 Å². The molecule has 0 spiro atoms. The number of hydrogen-bond acceptors (Lipinski definition) is 3. The zero-order valence-electron chi connectivity index (χ0n) is 5.79. The molecule has 11 heavy (non-hydrogen) atoms. The number of carbonyl (C=O) groups is 1. The number of nitrogens with one attached hydrogen (secondary N) is 2. The summed E-state index contributed by atoms with van der Waals surface area (Å²) in [5.41, 5.74) is -0.492. The molecule has 1 rings (SSSR count). The lowest BCUT2D eigenvalue weighted by Crippen LogP contribution is -2.10. The van der Waals surface area contributed by atoms with E-state index in [1.165, 1.54) is 6.92 Å². The number of aromatic nitrogens is 3. The van der Waals surface area contributed by atoms with Crippen LogP contribution in [0.4, 0.5) is 0 Å². The van der Waals surface area contributed by atoms with Crippen molar-refractivity contribution in [3.63, 3.8) is 0 Å². The highest BCUT2D eigenvalue weighted by Gasteiger charge is 2.16. The zero-order chi connectivity index (χ0) is 8.43. The van der Waals surface area contributed by atoms with Crippen LogP contribution in [-0.2, 0) is 4.79 Å². The van der Waals surface area contributed by atoms with Crippen LogP contribution >= 0.6 is 0 Å². The molecular formula is C5H7N3O3. The Kier molecular flexibility index (Phi) is 1.75. The van der Waals surface area contributed by atoms with Crippen molar-refractivity contribution in [3.8, 4) is 0 Å². The minimum atomic E-state index is -1.02. The first-order valence-corrected chi connectivity index (χ1v) is 2.98. The predicted octanol–water partition coefficient (Wildman–Crippen LogP) is -0.714. The largest absolute Gasteiger partial charge is 0.481 e. The van der Waals surface area contributed by atoms with E-state index in [2.05, 4.69) is 15.2 Å². The van der Waals surface area contributed by atoms with Gasteiger partial charge in [0.1, 0.15) is 11.7 Å². The Balaban J connectivity index is 2.93. The summed E-state index contributed by atoms with van der Waals surface area (Å²) < 4.78 is 0. The Morgan fingerprint density at radius 3 is 2.73 bits per heavy atom. The number of hydrogen-bond donors (Lipinski definition) is 3. The fourth-order valence-corrected chi connectivity index (χ4v) is 0.605. The molecule has 1 unspecified atom stereocenters. The van der Waals surface area contributed by atoms with E-state index in [4.69, 9.17) is 5.11 Å². The first-order valence-electron chi connectivity index (χ1n) is 2.98. The molecule has 0 aliphatic heterocycles. The third kappa shape index (κ3) is 1.46. The van der Waals surface area contributed by atoms with Gasteiger partial charge in [0.25, 0.3) is 0 Å². The first kappa shape index (κ1) is 7.52. The molecule has 0 saturated carbocycles. The summed E-state index contributed by atoms with van der Waals surface area (Å²) in [4.78, 5) is 23.0. The molecule has 6 heteroatoms. The Labute approximate surface area is 61.3 Å². The van der Waals surface area contributed by atoms with Gasteiger partial charge < -0.3 is 5.11 Å². The van der Waals surface area contributed by atoms with Crippen LogP contribution in [0.1, 0.15) is 18.7 Å². The fourth-order valence-electron chi connectivity index (χ4n) is 0.605. The van der Waals surface area contributed by atoms with Gasteiger partial charge in [-0.25, -0.2) is 9.89 Å². The zero-order valence-corrected chi connectivity index (χ0v) is 5.79. The summed E-state index contributed by atoms with van der Waals surface area (Å²) in [5, 5.41) is 14.0. The quantitative estimate of drug-likeness (QED) is 0.527. The number of rotatable bonds is 2. The molecular weight excluding hydrogens is 150 g/mol. The van der Waals surface area contributed by atoms with Gasteiger partial charge in [-0.15, -0.1) is 0 Å². The lowest BCUT2D eigenvalue weighted by Gasteiger charge is -1.97. The minimum Gasteiger partial charge on any atom is -0.481 e. The first-order chi connectivity index (χ1) is 5.11. The Hall–Kier alpha value is -1.59. The van der Waals surface area contributed by atoms with Crippen molar-refractivity contribution < 1.29 is 9.90 Å². The lowest BCUT2D eigenvalue weighted by molar-refractivity contribution is -0.138. The third-order valence-electron chi connectivity index (χ3n) is 1.30. The van der Waals surface area contributed by atoms with Gasteiger partial charge in [-0.1, -0.05) is 0 Å². The number of carboxylic acid groups (broad SMARTS) is 1. The summed E-state index contributed by atoms with van der Waals surface area (Å²) in [6.45, 7) is 1.44. The van der Waals surface area contributed by atoms with Crippen molar-refractivity contribution in [2.45, 2.75) is 12.8 Å². The van der Waals surface area contributed by atoms with Crippen molar-refractivity contribution in [3.05, 3.63) is 16.3 Å². The average Bonchev–Trinajstić information content (AvgIpc) is 2.34. The van der Waals surface area contributed by atoms with Crippen molar-refractivity contribution in [2.24, 2.45) is 0 Å². The summed E-state index contributed by atoms with van der Waals surface area (Å²) in [6.07, 6.45) is 0. The second-order valence-corrected chi connectivity index (χ2v) is 2.12. The van der Waals surface area contributed by atoms with E-state index in [9.17, 15) is 9.59 Å². The SMILES string of the molecule is CC(C(=O)O)c1n[nH]c(=O)[nH]1. The predicted molar refractivity (Wildman–Crippen MR) is 35.3 cm³/mol. The molecule has 0 aromatic carbocycles. The average molecular weight is 157 g/mol. The number of carboxylic acids is 1. The highest BCUT2D eigenvalue weighted by atomic mass is 16.4. The van der Waals surface area contributed by atoms with Crippen molar-refractivity contribution >= 4 is 5.97 Å². The third-order valence-corrected chi connectivity index (χ3v) is 1.30. The maximum Gasteiger partial charge on any atom is 0.340 e. The molecule has 1 aromatic rings. The Morgan fingerprint density at radius 1 is 1.73 bits per heavy atom. The normalized spacial score (nSPS) is 12.8. The Morgan fingerprint density at radius 2 is 2.36 bits per heavy atom. The minimum absolute atomic E-state index is 0.141. The summed E-state index contributed by atoms with van der Waals surface area (Å²) in [6, 6.07) is 0. The molecule has 1 atom stereocenters. The molecule has 0 bridgehead atoms. The second-order valence-electron chi connectivity index (χ2n) is 2.12. The standard InChI is InChI=1S/C5H7N3O3/c1-2(4(9)10)3-6-5(11)8-7-3/h2H,1H3,(H,9,10)(H2,6,7,8,11). The van der Waals surface area contributed by atoms with E-state index in [0.29, 0.717) is 0 Å². The van der Waals surface area contributed by atoms with E-state index < -0.39 is 17.6 Å². The number of aromatic amines is 2. The highest BCUT2D eigenvalue weighted by molar-refractivity contribution is 5.74. The van der Waals surface area contributed by atoms with Crippen molar-refractivity contribution in [1.29, 1.82) is 0 Å². The van der Waals surface area contributed by atoms with E-state index >= 15 is 0 Å². The Bertz CT molecular complexity index is 313. The van der Waals surface area contributed by atoms with Gasteiger partial charge in [0.2, 0.25) is 0 Å². The lowest BCUT2D eigenvalue weighted by atomic mass is 10.2. The molecule has 0 amide bonds. The van der Waals surface area contributed by atoms with Crippen LogP contribution in [-0.4, -0.2) is 26.3 Å². The van der Waals surface area contributed by atoms with E-state index in [1.807, 2.05) is 0 Å². The van der Waals surface area contributed by atoms with Gasteiger partial charge in [0.15, 0.2) is 0 Å². The van der Waals surface area contributed by atoms with Crippen LogP contribution < -0.4 is 5.69 Å². The number of nitrogens with zero attached hydrogens (tertiary/aromatic N) is 1. The summed E-state index contributed by atoms with van der Waals surface area (Å²) in [7, 11) is 0. The monoisotopic (exact) mass is 157 g/mol. The van der Waals surface area contributed by atoms with E-state index in [-0.39, 0.29) is 5.82 Å². The molecule has 0 aliphatic rings. The molecule has 1 heterocycles. The molecule has 1 aromatic heterocycles. The van der Waals surface area contributed by atoms with Crippen LogP contribution in [0.3, 0.4) is 0 Å². The maximum absolute atomic E-state index is 10.5. The topological polar surface area (TPSA) is 98.8 Å². The molecule has 0 fully saturated rings. The van der Waals surface area contributed by atoms with Crippen LogP contribution in [0.2, 0.25) is 0 Å². The van der Waals surface area contributed by atoms with Gasteiger partial charge in [-0.3, -0.25) is 9.78 Å². The summed E-state index contributed by atoms with van der Waals surface area (Å²) in [5.74, 6) is -1.66. The van der Waals surface area contributed by atoms with Crippen LogP contribution in [0.25, 0.3) is 0 Å². The number of aliphatic carboxylic acids is 1. The maximum atomic E-state index is 10.5. The summed E-state index contributed by atoms with van der Waals surface area (Å²) >= 11 is 0. The molecule has 3 N–H and O–H groups in total. The van der Waals surface area contributed by atoms with Crippen molar-refractivity contribution in [2.75, 3.05) is 0 Å². The smallest absolute Gasteiger partial charge is 0.340 e. The molecule has 0 saturated heterocycles. The van der Waals surface area contributed by atoms with Gasteiger partial charge in [0, 0.05) is 0 Å². The second kappa shape index (κ2) is 2.57. The van der Waals surface area contributed by atoms with Gasteiger partial charge in [0.05, 0.1) is 0 Å². The van der Waals surface area contributed by atoms with Gasteiger partial charge in [-0.05, 0) is 6.92 Å². The fraction of sp³-hybridized carbons (Fsp3) is 0.400. The molecule has 60 valence electrons. The van der Waals surface area contributed by atoms with Gasteiger partial charge in [-0.2, -0.15) is 5.10 Å². The number of H-pyrrole nitrogens is 2. The molecule has 0 aliphatic carbocycles. The molecule has 0 radical (unpaired) electrons. The van der Waals surface area contributed by atoms with E-state index in [0.717, 1.165) is 0 Å². The van der Waals surface area contributed by atoms with Crippen LogP contribution in [0.5, 0.6) is 0 Å². The van der Waals surface area contributed by atoms with Crippen LogP contribution in [0.15, 0.2) is 4.79 Å². The van der Waals surface area contributed by atoms with E-state index in [1.54, 1.807) is 0 Å². The highest BCUT2D eigenvalue weighted by Crippen LogP contribution is 2.05.